The van der Waals surface area contributed by atoms with Gasteiger partial charge in [-0.25, -0.2) is 0 Å². The number of carbonyl (C=O) groups excluding carboxylic acids is 1. The van der Waals surface area contributed by atoms with E-state index in [1.807, 2.05) is 17.0 Å². The molecule has 0 aliphatic carbocycles. The van der Waals surface area contributed by atoms with Crippen LogP contribution < -0.4 is 5.73 Å². The lowest BCUT2D eigenvalue weighted by atomic mass is 9.95. The average molecular weight is 272 g/mol. The summed E-state index contributed by atoms with van der Waals surface area (Å²) < 4.78 is 5.66. The van der Waals surface area contributed by atoms with Gasteiger partial charge in [-0.05, 0) is 43.0 Å². The van der Waals surface area contributed by atoms with Crippen LogP contribution >= 0.6 is 0 Å². The SMILES string of the molecule is CCC1CCCN(C(=O)c2cc3cc(N)ccc3o2)C1. The fourth-order valence-electron chi connectivity index (χ4n) is 2.91. The first-order chi connectivity index (χ1) is 9.67. The number of likely N-dealkylation sites (tertiary alicyclic amines) is 1. The molecule has 1 fully saturated rings. The van der Waals surface area contributed by atoms with Crippen molar-refractivity contribution in [1.29, 1.82) is 0 Å². The zero-order chi connectivity index (χ0) is 14.1. The van der Waals surface area contributed by atoms with E-state index in [0.29, 0.717) is 22.9 Å². The van der Waals surface area contributed by atoms with Crippen LogP contribution in [0, 0.1) is 5.92 Å². The van der Waals surface area contributed by atoms with Crippen LogP contribution in [0.2, 0.25) is 0 Å². The largest absolute Gasteiger partial charge is 0.451 e. The summed E-state index contributed by atoms with van der Waals surface area (Å²) in [6.07, 6.45) is 3.43. The van der Waals surface area contributed by atoms with E-state index in [2.05, 4.69) is 6.92 Å². The van der Waals surface area contributed by atoms with Gasteiger partial charge in [0.05, 0.1) is 0 Å². The number of furan rings is 1. The van der Waals surface area contributed by atoms with Gasteiger partial charge in [0.15, 0.2) is 5.76 Å². The van der Waals surface area contributed by atoms with Crippen molar-refractivity contribution in [2.45, 2.75) is 26.2 Å². The van der Waals surface area contributed by atoms with Crippen LogP contribution in [0.25, 0.3) is 11.0 Å². The maximum absolute atomic E-state index is 12.5. The molecule has 106 valence electrons. The van der Waals surface area contributed by atoms with Crippen molar-refractivity contribution in [3.05, 3.63) is 30.0 Å². The third-order valence-electron chi connectivity index (χ3n) is 4.13. The smallest absolute Gasteiger partial charge is 0.289 e. The summed E-state index contributed by atoms with van der Waals surface area (Å²) >= 11 is 0. The molecule has 2 N–H and O–H groups in total. The van der Waals surface area contributed by atoms with Crippen LogP contribution in [0.5, 0.6) is 0 Å². The van der Waals surface area contributed by atoms with Crippen molar-refractivity contribution in [3.8, 4) is 0 Å². The van der Waals surface area contributed by atoms with Crippen LogP contribution in [-0.4, -0.2) is 23.9 Å². The third kappa shape index (κ3) is 2.38. The minimum atomic E-state index is -0.00192. The first-order valence-corrected chi connectivity index (χ1v) is 7.25. The van der Waals surface area contributed by atoms with Crippen molar-refractivity contribution in [2.75, 3.05) is 18.8 Å². The molecule has 0 spiro atoms. The number of hydrogen-bond acceptors (Lipinski definition) is 3. The first-order valence-electron chi connectivity index (χ1n) is 7.25. The van der Waals surface area contributed by atoms with E-state index in [4.69, 9.17) is 10.2 Å². The molecule has 1 aliphatic heterocycles. The van der Waals surface area contributed by atoms with E-state index in [9.17, 15) is 4.79 Å². The Hall–Kier alpha value is -1.97. The highest BCUT2D eigenvalue weighted by Gasteiger charge is 2.25. The highest BCUT2D eigenvalue weighted by Crippen LogP contribution is 2.25. The van der Waals surface area contributed by atoms with Crippen molar-refractivity contribution in [1.82, 2.24) is 4.90 Å². The molecule has 1 amide bonds. The molecule has 20 heavy (non-hydrogen) atoms. The molecule has 2 aromatic rings. The minimum absolute atomic E-state index is 0.00192. The van der Waals surface area contributed by atoms with Crippen LogP contribution in [0.4, 0.5) is 5.69 Å². The van der Waals surface area contributed by atoms with Crippen molar-refractivity contribution in [3.63, 3.8) is 0 Å². The van der Waals surface area contributed by atoms with E-state index in [1.54, 1.807) is 12.1 Å². The summed E-state index contributed by atoms with van der Waals surface area (Å²) in [5.74, 6) is 1.04. The number of fused-ring (bicyclic) bond motifs is 1. The van der Waals surface area contributed by atoms with E-state index in [1.165, 1.54) is 6.42 Å². The molecular weight excluding hydrogens is 252 g/mol. The molecule has 1 unspecified atom stereocenters. The Bertz CT molecular complexity index is 632. The Labute approximate surface area is 118 Å². The van der Waals surface area contributed by atoms with Gasteiger partial charge in [0.1, 0.15) is 5.58 Å². The lowest BCUT2D eigenvalue weighted by Crippen LogP contribution is -2.39. The second-order valence-corrected chi connectivity index (χ2v) is 5.58. The molecule has 2 heterocycles. The summed E-state index contributed by atoms with van der Waals surface area (Å²) in [6.45, 7) is 3.85. The standard InChI is InChI=1S/C16H20N2O2/c1-2-11-4-3-7-18(10-11)16(19)15-9-12-8-13(17)5-6-14(12)20-15/h5-6,8-9,11H,2-4,7,10,17H2,1H3. The van der Waals surface area contributed by atoms with Gasteiger partial charge in [-0.1, -0.05) is 13.3 Å². The van der Waals surface area contributed by atoms with Gasteiger partial charge in [-0.2, -0.15) is 0 Å². The van der Waals surface area contributed by atoms with Crippen molar-refractivity contribution < 1.29 is 9.21 Å². The highest BCUT2D eigenvalue weighted by molar-refractivity contribution is 5.96. The summed E-state index contributed by atoms with van der Waals surface area (Å²) in [5.41, 5.74) is 7.15. The second kappa shape index (κ2) is 5.19. The van der Waals surface area contributed by atoms with Gasteiger partial charge in [0.25, 0.3) is 5.91 Å². The zero-order valence-electron chi connectivity index (χ0n) is 11.8. The Morgan fingerprint density at radius 1 is 1.45 bits per heavy atom. The molecule has 1 aromatic carbocycles. The van der Waals surface area contributed by atoms with Crippen molar-refractivity contribution in [2.24, 2.45) is 5.92 Å². The van der Waals surface area contributed by atoms with E-state index < -0.39 is 0 Å². The van der Waals surface area contributed by atoms with E-state index >= 15 is 0 Å². The van der Waals surface area contributed by atoms with Gasteiger partial charge in [-0.15, -0.1) is 0 Å². The molecule has 1 aromatic heterocycles. The number of amides is 1. The second-order valence-electron chi connectivity index (χ2n) is 5.58. The van der Waals surface area contributed by atoms with Crippen LogP contribution in [0.15, 0.2) is 28.7 Å². The molecule has 0 radical (unpaired) electrons. The lowest BCUT2D eigenvalue weighted by molar-refractivity contribution is 0.0641. The molecule has 0 saturated carbocycles. The fourth-order valence-corrected chi connectivity index (χ4v) is 2.91. The maximum Gasteiger partial charge on any atom is 0.289 e. The maximum atomic E-state index is 12.5. The topological polar surface area (TPSA) is 59.5 Å². The quantitative estimate of drug-likeness (QED) is 0.853. The normalized spacial score (nSPS) is 19.4. The summed E-state index contributed by atoms with van der Waals surface area (Å²) in [5, 5.41) is 0.886. The predicted molar refractivity (Wildman–Crippen MR) is 79.5 cm³/mol. The van der Waals surface area contributed by atoms with Crippen molar-refractivity contribution >= 4 is 22.6 Å². The van der Waals surface area contributed by atoms with Crippen LogP contribution in [0.3, 0.4) is 0 Å². The molecule has 1 atom stereocenters. The van der Waals surface area contributed by atoms with Crippen LogP contribution in [-0.2, 0) is 0 Å². The Morgan fingerprint density at radius 2 is 2.30 bits per heavy atom. The van der Waals surface area contributed by atoms with E-state index in [0.717, 1.165) is 31.3 Å². The molecular formula is C16H20N2O2. The molecule has 1 aliphatic rings. The third-order valence-corrected chi connectivity index (χ3v) is 4.13. The number of nitrogens with two attached hydrogens (primary N) is 1. The zero-order valence-corrected chi connectivity index (χ0v) is 11.8. The Kier molecular flexibility index (Phi) is 3.38. The number of nitrogens with zero attached hydrogens (tertiary/aromatic N) is 1. The molecule has 0 bridgehead atoms. The number of piperidine rings is 1. The molecule has 3 rings (SSSR count). The van der Waals surface area contributed by atoms with Gasteiger partial charge in [0.2, 0.25) is 0 Å². The number of benzene rings is 1. The van der Waals surface area contributed by atoms with Gasteiger partial charge in [0, 0.05) is 24.2 Å². The molecule has 4 heteroatoms. The van der Waals surface area contributed by atoms with Gasteiger partial charge < -0.3 is 15.1 Å². The average Bonchev–Trinajstić information content (AvgIpc) is 2.89. The number of nitrogen functional groups attached to an aromatic ring is 1. The first kappa shape index (κ1) is 13.0. The summed E-state index contributed by atoms with van der Waals surface area (Å²) in [4.78, 5) is 14.4. The highest BCUT2D eigenvalue weighted by atomic mass is 16.3. The number of rotatable bonds is 2. The predicted octanol–water partition coefficient (Wildman–Crippen LogP) is 3.28. The van der Waals surface area contributed by atoms with Crippen LogP contribution in [0.1, 0.15) is 36.7 Å². The number of carbonyl (C=O) groups is 1. The van der Waals surface area contributed by atoms with E-state index in [-0.39, 0.29) is 5.91 Å². The lowest BCUT2D eigenvalue weighted by Gasteiger charge is -2.31. The Balaban J connectivity index is 1.84. The monoisotopic (exact) mass is 272 g/mol. The minimum Gasteiger partial charge on any atom is -0.451 e. The number of hydrogen-bond donors (Lipinski definition) is 1. The molecule has 1 saturated heterocycles. The number of anilines is 1. The van der Waals surface area contributed by atoms with Gasteiger partial charge >= 0.3 is 0 Å². The molecule has 4 nitrogen and oxygen atoms in total. The van der Waals surface area contributed by atoms with Gasteiger partial charge in [-0.3, -0.25) is 4.79 Å². The summed E-state index contributed by atoms with van der Waals surface area (Å²) in [7, 11) is 0. The summed E-state index contributed by atoms with van der Waals surface area (Å²) in [6, 6.07) is 7.23. The fraction of sp³-hybridized carbons (Fsp3) is 0.438. The Morgan fingerprint density at radius 3 is 3.10 bits per heavy atom.